The van der Waals surface area contributed by atoms with Crippen molar-refractivity contribution < 1.29 is 0 Å². The molecule has 6 aliphatic carbocycles. The molecule has 1 aromatic heterocycles. The predicted octanol–water partition coefficient (Wildman–Crippen LogP) is 16.2. The second-order valence-corrected chi connectivity index (χ2v) is 20.6. The topological polar surface area (TPSA) is 8.17 Å². The minimum absolute atomic E-state index is 0.0373. The molecule has 2 nitrogen and oxygen atoms in total. The van der Waals surface area contributed by atoms with Gasteiger partial charge in [0.05, 0.1) is 11.0 Å². The van der Waals surface area contributed by atoms with Crippen LogP contribution in [-0.4, -0.2) is 4.57 Å². The van der Waals surface area contributed by atoms with Gasteiger partial charge in [0, 0.05) is 44.4 Å². The Hall–Kier alpha value is -5.86. The highest BCUT2D eigenvalue weighted by molar-refractivity contribution is 6.11. The van der Waals surface area contributed by atoms with Crippen molar-refractivity contribution in [1.82, 2.24) is 4.57 Å². The zero-order valence-electron chi connectivity index (χ0n) is 36.6. The van der Waals surface area contributed by atoms with E-state index in [2.05, 4.69) is 174 Å². The van der Waals surface area contributed by atoms with E-state index in [9.17, 15) is 0 Å². The van der Waals surface area contributed by atoms with Gasteiger partial charge >= 0.3 is 0 Å². The van der Waals surface area contributed by atoms with Crippen LogP contribution in [0.1, 0.15) is 99.8 Å². The lowest BCUT2D eigenvalue weighted by molar-refractivity contribution is 0.171. The highest BCUT2D eigenvalue weighted by Crippen LogP contribution is 2.67. The van der Waals surface area contributed by atoms with Gasteiger partial charge in [-0.05, 0) is 173 Å². The van der Waals surface area contributed by atoms with Crippen LogP contribution in [-0.2, 0) is 10.8 Å². The molecule has 0 radical (unpaired) electrons. The Balaban J connectivity index is 1.01. The van der Waals surface area contributed by atoms with E-state index in [1.807, 2.05) is 0 Å². The van der Waals surface area contributed by atoms with E-state index in [0.29, 0.717) is 11.8 Å². The first-order valence-corrected chi connectivity index (χ1v) is 24.5. The molecular formula is C61H56N2. The predicted molar refractivity (Wildman–Crippen MR) is 262 cm³/mol. The van der Waals surface area contributed by atoms with Gasteiger partial charge in [-0.25, -0.2) is 0 Å². The fourth-order valence-electron chi connectivity index (χ4n) is 15.8. The van der Waals surface area contributed by atoms with Crippen molar-refractivity contribution in [3.63, 3.8) is 0 Å². The number of nitrogens with zero attached hydrogens (tertiary/aromatic N) is 2. The quantitative estimate of drug-likeness (QED) is 0.168. The van der Waals surface area contributed by atoms with Gasteiger partial charge in [0.15, 0.2) is 0 Å². The van der Waals surface area contributed by atoms with Crippen molar-refractivity contribution in [2.75, 3.05) is 4.90 Å². The highest BCUT2D eigenvalue weighted by atomic mass is 15.1. The summed E-state index contributed by atoms with van der Waals surface area (Å²) < 4.78 is 2.45. The summed E-state index contributed by atoms with van der Waals surface area (Å²) in [6.45, 7) is 2.49. The lowest BCUT2D eigenvalue weighted by atomic mass is 9.57. The summed E-state index contributed by atoms with van der Waals surface area (Å²) in [5.41, 5.74) is 19.9. The Bertz CT molecular complexity index is 3140. The molecule has 6 aliphatic rings. The SMILES string of the molecule is CCC1CCC2CCCC(C2)C12c1ccccc1-c1ccc(N(c3ccc4c(c3)-c3ccccc3C43CC4CCC3C4)c3ccc4c(c3)c3ccccc3n4-c3ccccc3)cc12. The van der Waals surface area contributed by atoms with Crippen molar-refractivity contribution in [2.45, 2.75) is 88.4 Å². The summed E-state index contributed by atoms with van der Waals surface area (Å²) in [5, 5.41) is 2.58. The zero-order chi connectivity index (χ0) is 41.4. The largest absolute Gasteiger partial charge is 0.310 e. The maximum absolute atomic E-state index is 2.70. The van der Waals surface area contributed by atoms with Gasteiger partial charge in [0.25, 0.3) is 0 Å². The Morgan fingerprint density at radius 2 is 1.16 bits per heavy atom. The van der Waals surface area contributed by atoms with Crippen molar-refractivity contribution >= 4 is 38.9 Å². The van der Waals surface area contributed by atoms with E-state index in [-0.39, 0.29) is 10.8 Å². The third-order valence-electron chi connectivity index (χ3n) is 18.1. The molecule has 7 aromatic carbocycles. The Labute approximate surface area is 372 Å². The fourth-order valence-corrected chi connectivity index (χ4v) is 15.8. The van der Waals surface area contributed by atoms with Crippen LogP contribution in [0.4, 0.5) is 17.1 Å². The number of fused-ring (bicyclic) bond motifs is 19. The summed E-state index contributed by atoms with van der Waals surface area (Å²) in [4.78, 5) is 2.64. The van der Waals surface area contributed by atoms with Gasteiger partial charge in [-0.1, -0.05) is 136 Å². The molecule has 0 saturated heterocycles. The molecule has 7 unspecified atom stereocenters. The van der Waals surface area contributed by atoms with Gasteiger partial charge in [-0.2, -0.15) is 0 Å². The first-order valence-electron chi connectivity index (χ1n) is 24.5. The minimum atomic E-state index is 0.0373. The third kappa shape index (κ3) is 4.91. The van der Waals surface area contributed by atoms with Crippen molar-refractivity contribution in [3.05, 3.63) is 180 Å². The van der Waals surface area contributed by atoms with E-state index in [1.54, 1.807) is 22.3 Å². The van der Waals surface area contributed by atoms with Crippen molar-refractivity contribution in [2.24, 2.45) is 29.6 Å². The summed E-state index contributed by atoms with van der Waals surface area (Å²) in [6.07, 6.45) is 14.9. The number of anilines is 3. The summed E-state index contributed by atoms with van der Waals surface area (Å²) in [7, 11) is 0. The second kappa shape index (κ2) is 13.6. The first-order chi connectivity index (χ1) is 31.1. The van der Waals surface area contributed by atoms with Gasteiger partial charge in [-0.15, -0.1) is 0 Å². The van der Waals surface area contributed by atoms with Crippen LogP contribution in [0.15, 0.2) is 158 Å². The van der Waals surface area contributed by atoms with Crippen LogP contribution in [0, 0.1) is 29.6 Å². The molecule has 4 fully saturated rings. The van der Waals surface area contributed by atoms with Crippen LogP contribution in [0.3, 0.4) is 0 Å². The first kappa shape index (κ1) is 36.6. The van der Waals surface area contributed by atoms with Gasteiger partial charge in [0.1, 0.15) is 0 Å². The zero-order valence-corrected chi connectivity index (χ0v) is 36.6. The molecule has 1 heterocycles. The molecule has 14 rings (SSSR count). The number of rotatable bonds is 5. The van der Waals surface area contributed by atoms with Crippen LogP contribution in [0.2, 0.25) is 0 Å². The smallest absolute Gasteiger partial charge is 0.0542 e. The molecular weight excluding hydrogens is 761 g/mol. The number of aromatic nitrogens is 1. The standard InChI is InChI=1S/C61H56N2/c1-2-41-25-23-39-13-12-14-43(33-39)61(41)56-21-10-7-17-48(56)50-30-27-47(37-57(50)61)62(46-29-32-59-53(36-46)51-19-8-11-22-58(51)63(59)44-15-4-3-5-16-44)45-28-31-55-52(35-45)49-18-6-9-20-54(49)60(55)38-40-24-26-42(60)34-40/h3-11,15-22,27-32,35-37,39-43H,2,12-14,23-26,33-34,38H2,1H3. The van der Waals surface area contributed by atoms with Crippen LogP contribution in [0.5, 0.6) is 0 Å². The Morgan fingerprint density at radius 1 is 0.492 bits per heavy atom. The normalized spacial score (nSPS) is 27.2. The monoisotopic (exact) mass is 816 g/mol. The Kier molecular flexibility index (Phi) is 7.89. The molecule has 4 bridgehead atoms. The molecule has 2 heteroatoms. The molecule has 63 heavy (non-hydrogen) atoms. The number of hydrogen-bond acceptors (Lipinski definition) is 1. The van der Waals surface area contributed by atoms with E-state index in [1.165, 1.54) is 137 Å². The van der Waals surface area contributed by atoms with E-state index in [0.717, 1.165) is 17.8 Å². The van der Waals surface area contributed by atoms with Crippen LogP contribution >= 0.6 is 0 Å². The molecule has 0 amide bonds. The molecule has 2 spiro atoms. The van der Waals surface area contributed by atoms with E-state index >= 15 is 0 Å². The number of para-hydroxylation sites is 2. The molecule has 310 valence electrons. The van der Waals surface area contributed by atoms with Crippen LogP contribution < -0.4 is 4.90 Å². The maximum Gasteiger partial charge on any atom is 0.0542 e. The van der Waals surface area contributed by atoms with Gasteiger partial charge < -0.3 is 9.47 Å². The van der Waals surface area contributed by atoms with Gasteiger partial charge in [0.2, 0.25) is 0 Å². The minimum Gasteiger partial charge on any atom is -0.310 e. The number of hydrogen-bond donors (Lipinski definition) is 0. The van der Waals surface area contributed by atoms with E-state index in [4.69, 9.17) is 0 Å². The highest BCUT2D eigenvalue weighted by Gasteiger charge is 2.57. The summed E-state index contributed by atoms with van der Waals surface area (Å²) >= 11 is 0. The third-order valence-corrected chi connectivity index (χ3v) is 18.1. The number of benzene rings is 7. The van der Waals surface area contributed by atoms with Gasteiger partial charge in [-0.3, -0.25) is 0 Å². The van der Waals surface area contributed by atoms with E-state index < -0.39 is 0 Å². The second-order valence-electron chi connectivity index (χ2n) is 20.6. The molecule has 7 atom stereocenters. The summed E-state index contributed by atoms with van der Waals surface area (Å²) in [6, 6.07) is 61.6. The van der Waals surface area contributed by atoms with Crippen molar-refractivity contribution in [3.8, 4) is 27.9 Å². The molecule has 0 N–H and O–H groups in total. The van der Waals surface area contributed by atoms with Crippen LogP contribution in [0.25, 0.3) is 49.7 Å². The van der Waals surface area contributed by atoms with Crippen molar-refractivity contribution in [1.29, 1.82) is 0 Å². The molecule has 4 saturated carbocycles. The maximum atomic E-state index is 2.70. The lowest BCUT2D eigenvalue weighted by Gasteiger charge is -2.46. The molecule has 8 aromatic rings. The average molecular weight is 817 g/mol. The fraction of sp³-hybridized carbons (Fsp3) is 0.311. The summed E-state index contributed by atoms with van der Waals surface area (Å²) in [5.74, 6) is 3.77. The Morgan fingerprint density at radius 3 is 2.00 bits per heavy atom. The molecule has 0 aliphatic heterocycles. The lowest BCUT2D eigenvalue weighted by Crippen LogP contribution is -2.42. The average Bonchev–Trinajstić information content (AvgIpc) is 4.14.